The van der Waals surface area contributed by atoms with Gasteiger partial charge in [0.1, 0.15) is 17.2 Å². The lowest BCUT2D eigenvalue weighted by Gasteiger charge is -2.16. The Morgan fingerprint density at radius 1 is 0.557 bits per heavy atom. The molecule has 3 aromatic heterocycles. The van der Waals surface area contributed by atoms with Crippen LogP contribution in [-0.4, -0.2) is 59.4 Å². The fourth-order valence-corrected chi connectivity index (χ4v) is 9.04. The van der Waals surface area contributed by atoms with Gasteiger partial charge >= 0.3 is 5.97 Å². The molecule has 0 saturated heterocycles. The van der Waals surface area contributed by atoms with Crippen molar-refractivity contribution in [2.45, 2.75) is 25.3 Å². The summed E-state index contributed by atoms with van der Waals surface area (Å²) in [6.45, 7) is 3.37. The van der Waals surface area contributed by atoms with Crippen LogP contribution in [0, 0.1) is 0 Å². The number of fused-ring (bicyclic) bond motifs is 5. The number of benzene rings is 6. The standard InChI is InChI=1S/2C18H16N2O2.C11H13BrO3.C9H10N2/c2*1-19-8-7-12-3-5-14(9-17(12)19)20-11-13-4-6-15(22-2)10-16(13)18(20)21;1-3-15-11(13)10-6-9(14-2)5-4-8(10)7-12;1-11-5-4-7-2-3-8(10)6-9(7)11/h2*3-10H,11H2,1-2H3;4-6H,3,7H2,1-2H3;2-6H,10H2,1H3. The summed E-state index contributed by atoms with van der Waals surface area (Å²) in [5.74, 6) is 1.83. The van der Waals surface area contributed by atoms with Crippen LogP contribution in [0.1, 0.15) is 54.7 Å². The minimum Gasteiger partial charge on any atom is -0.497 e. The van der Waals surface area contributed by atoms with E-state index < -0.39 is 0 Å². The van der Waals surface area contributed by atoms with Gasteiger partial charge in [0.25, 0.3) is 11.8 Å². The number of esters is 1. The molecule has 2 aliphatic heterocycles. The molecular weight excluding hydrogens is 949 g/mol. The lowest BCUT2D eigenvalue weighted by molar-refractivity contribution is 0.0524. The van der Waals surface area contributed by atoms with Crippen LogP contribution in [0.4, 0.5) is 17.1 Å². The van der Waals surface area contributed by atoms with Gasteiger partial charge < -0.3 is 48.2 Å². The molecule has 2 N–H and O–H groups in total. The Morgan fingerprint density at radius 2 is 0.986 bits per heavy atom. The molecule has 14 heteroatoms. The van der Waals surface area contributed by atoms with E-state index in [2.05, 4.69) is 72.1 Å². The van der Waals surface area contributed by atoms with Gasteiger partial charge in [-0.25, -0.2) is 4.79 Å². The molecule has 0 radical (unpaired) electrons. The predicted octanol–water partition coefficient (Wildman–Crippen LogP) is 11.2. The number of carbonyl (C=O) groups is 3. The van der Waals surface area contributed by atoms with E-state index in [1.807, 2.05) is 128 Å². The molecule has 0 spiro atoms. The number of nitrogens with two attached hydrogens (primary N) is 1. The first-order valence-electron chi connectivity index (χ1n) is 22.6. The molecule has 6 aromatic carbocycles. The van der Waals surface area contributed by atoms with E-state index in [-0.39, 0.29) is 17.8 Å². The summed E-state index contributed by atoms with van der Waals surface area (Å²) >= 11 is 3.33. The predicted molar refractivity (Wildman–Crippen MR) is 282 cm³/mol. The number of amides is 2. The Bertz CT molecular complexity index is 3240. The number of hydrogen-bond donors (Lipinski definition) is 1. The Labute approximate surface area is 415 Å². The van der Waals surface area contributed by atoms with Crippen LogP contribution in [0.5, 0.6) is 17.2 Å². The van der Waals surface area contributed by atoms with E-state index in [9.17, 15) is 14.4 Å². The average Bonchev–Trinajstić information content (AvgIpc) is 4.21. The zero-order chi connectivity index (χ0) is 49.6. The number of halogens is 1. The second-order valence-electron chi connectivity index (χ2n) is 16.8. The van der Waals surface area contributed by atoms with Crippen molar-refractivity contribution in [3.63, 3.8) is 0 Å². The van der Waals surface area contributed by atoms with Crippen LogP contribution in [0.2, 0.25) is 0 Å². The fourth-order valence-electron chi connectivity index (χ4n) is 8.55. The zero-order valence-electron chi connectivity index (χ0n) is 40.2. The normalized spacial score (nSPS) is 12.4. The minimum absolute atomic E-state index is 0.0301. The zero-order valence-corrected chi connectivity index (χ0v) is 41.8. The maximum Gasteiger partial charge on any atom is 0.338 e. The smallest absolute Gasteiger partial charge is 0.338 e. The molecule has 9 aromatic rings. The summed E-state index contributed by atoms with van der Waals surface area (Å²) in [5, 5.41) is 4.21. The summed E-state index contributed by atoms with van der Waals surface area (Å²) in [7, 11) is 10.8. The Balaban J connectivity index is 0.000000130. The van der Waals surface area contributed by atoms with Gasteiger partial charge in [-0.1, -0.05) is 52.3 Å². The monoisotopic (exact) mass is 1000 g/mol. The summed E-state index contributed by atoms with van der Waals surface area (Å²) in [6, 6.07) is 41.1. The average molecular weight is 1000 g/mol. The van der Waals surface area contributed by atoms with Crippen LogP contribution < -0.4 is 29.7 Å². The largest absolute Gasteiger partial charge is 0.497 e. The molecule has 70 heavy (non-hydrogen) atoms. The summed E-state index contributed by atoms with van der Waals surface area (Å²) in [4.78, 5) is 40.6. The van der Waals surface area contributed by atoms with Gasteiger partial charge in [0.05, 0.1) is 46.6 Å². The highest BCUT2D eigenvalue weighted by Gasteiger charge is 2.30. The molecule has 0 atom stereocenters. The SMILES string of the molecule is CCOC(=O)c1cc(OC)ccc1CBr.COc1ccc2c(c1)C(=O)N(c1ccc3ccn(C)c3c1)C2.COc1ccc2c(c1)C(=O)N(c1ccc3ccn(C)c3c1)C2.Cn1ccc2ccc(N)cc21. The first-order valence-corrected chi connectivity index (χ1v) is 23.7. The molecule has 0 saturated carbocycles. The molecule has 358 valence electrons. The number of anilines is 3. The van der Waals surface area contributed by atoms with Gasteiger partial charge in [0, 0.05) is 89.8 Å². The van der Waals surface area contributed by atoms with E-state index in [1.165, 1.54) is 21.7 Å². The number of ether oxygens (including phenoxy) is 4. The Kier molecular flexibility index (Phi) is 14.6. The van der Waals surface area contributed by atoms with Gasteiger partial charge in [0.15, 0.2) is 0 Å². The number of hydrogen-bond acceptors (Lipinski definition) is 8. The van der Waals surface area contributed by atoms with Crippen molar-refractivity contribution in [1.29, 1.82) is 0 Å². The third-order valence-electron chi connectivity index (χ3n) is 12.5. The molecule has 0 bridgehead atoms. The van der Waals surface area contributed by atoms with Crippen molar-refractivity contribution in [1.82, 2.24) is 13.7 Å². The maximum absolute atomic E-state index is 12.7. The number of rotatable bonds is 8. The number of alkyl halides is 1. The number of aryl methyl sites for hydroxylation is 3. The van der Waals surface area contributed by atoms with E-state index in [0.717, 1.165) is 55.9 Å². The summed E-state index contributed by atoms with van der Waals surface area (Å²) in [6.07, 6.45) is 6.09. The third kappa shape index (κ3) is 10.1. The first kappa shape index (κ1) is 48.5. The number of nitrogens with zero attached hydrogens (tertiary/aromatic N) is 5. The Morgan fingerprint density at radius 3 is 1.43 bits per heavy atom. The molecule has 13 nitrogen and oxygen atoms in total. The van der Waals surface area contributed by atoms with Gasteiger partial charge in [-0.3, -0.25) is 9.59 Å². The quantitative estimate of drug-likeness (QED) is 0.0903. The lowest BCUT2D eigenvalue weighted by atomic mass is 10.1. The van der Waals surface area contributed by atoms with Crippen LogP contribution in [0.15, 0.2) is 146 Å². The Hall–Kier alpha value is -7.97. The van der Waals surface area contributed by atoms with Crippen molar-refractivity contribution in [3.05, 3.63) is 179 Å². The summed E-state index contributed by atoms with van der Waals surface area (Å²) < 4.78 is 26.6. The van der Waals surface area contributed by atoms with E-state index in [4.69, 9.17) is 24.7 Å². The number of aromatic nitrogens is 3. The molecular formula is C56H55BrN6O7. The van der Waals surface area contributed by atoms with Crippen molar-refractivity contribution in [2.24, 2.45) is 21.1 Å². The third-order valence-corrected chi connectivity index (χ3v) is 13.1. The minimum atomic E-state index is -0.314. The van der Waals surface area contributed by atoms with Gasteiger partial charge in [-0.2, -0.15) is 0 Å². The van der Waals surface area contributed by atoms with E-state index in [1.54, 1.807) is 34.3 Å². The molecule has 2 amide bonds. The maximum atomic E-state index is 12.7. The first-order chi connectivity index (χ1) is 33.8. The molecule has 2 aliphatic rings. The van der Waals surface area contributed by atoms with Crippen LogP contribution in [0.25, 0.3) is 32.7 Å². The van der Waals surface area contributed by atoms with E-state index >= 15 is 0 Å². The highest BCUT2D eigenvalue weighted by molar-refractivity contribution is 9.08. The second kappa shape index (κ2) is 21.1. The topological polar surface area (TPSA) is 135 Å². The van der Waals surface area contributed by atoms with Gasteiger partial charge in [-0.15, -0.1) is 0 Å². The molecule has 0 fully saturated rings. The van der Waals surface area contributed by atoms with Crippen LogP contribution >= 0.6 is 15.9 Å². The van der Waals surface area contributed by atoms with Crippen molar-refractivity contribution in [3.8, 4) is 17.2 Å². The van der Waals surface area contributed by atoms with Crippen molar-refractivity contribution in [2.75, 3.05) is 43.5 Å². The number of methoxy groups -OCH3 is 3. The lowest BCUT2D eigenvalue weighted by Crippen LogP contribution is -2.22. The summed E-state index contributed by atoms with van der Waals surface area (Å²) in [5.41, 5.74) is 16.7. The van der Waals surface area contributed by atoms with Crippen molar-refractivity contribution < 1.29 is 33.3 Å². The number of nitrogen functional groups attached to an aromatic ring is 1. The number of carbonyl (C=O) groups excluding carboxylic acids is 3. The molecule has 11 rings (SSSR count). The van der Waals surface area contributed by atoms with Crippen LogP contribution in [-0.2, 0) is 44.3 Å². The highest BCUT2D eigenvalue weighted by Crippen LogP contribution is 2.34. The molecule has 0 aliphatic carbocycles. The van der Waals surface area contributed by atoms with Gasteiger partial charge in [-0.05, 0) is 131 Å². The van der Waals surface area contributed by atoms with E-state index in [0.29, 0.717) is 47.8 Å². The van der Waals surface area contributed by atoms with Crippen LogP contribution in [0.3, 0.4) is 0 Å². The highest BCUT2D eigenvalue weighted by atomic mass is 79.9. The molecule has 0 unspecified atom stereocenters. The van der Waals surface area contributed by atoms with Gasteiger partial charge in [0.2, 0.25) is 0 Å². The molecule has 5 heterocycles. The van der Waals surface area contributed by atoms with Crippen molar-refractivity contribution >= 4 is 83.5 Å². The fraction of sp³-hybridized carbons (Fsp3) is 0.196. The second-order valence-corrected chi connectivity index (χ2v) is 17.4.